The molecular weight excluding hydrogens is 464 g/mol. The number of carbonyl (C=O) groups excluding carboxylic acids is 3. The van der Waals surface area contributed by atoms with Gasteiger partial charge in [0.15, 0.2) is 5.78 Å². The van der Waals surface area contributed by atoms with Gasteiger partial charge in [-0.15, -0.1) is 28.0 Å². The second-order valence-electron chi connectivity index (χ2n) is 8.92. The standard InChI is InChI=1S/C23H25ClN4O4S/c1-12-8-9-25-27-18(12)16-6-7-17(33-16)22(30)26-19(13-4-2-3-5-13)23(31)28-10-14(24)21-20(28)15(29)11-32-21/h6-9,13-14,19-21H,2-5,10-11H2,1H3,(H,26,30)/t14-,19-,20+,21+/m0/s1. The van der Waals surface area contributed by atoms with Crippen molar-refractivity contribution >= 4 is 40.5 Å². The van der Waals surface area contributed by atoms with Crippen LogP contribution >= 0.6 is 22.9 Å². The van der Waals surface area contributed by atoms with E-state index in [0.29, 0.717) is 4.88 Å². The summed E-state index contributed by atoms with van der Waals surface area (Å²) in [5.41, 5.74) is 1.71. The van der Waals surface area contributed by atoms with E-state index in [2.05, 4.69) is 15.5 Å². The number of amides is 2. The fraction of sp³-hybridized carbons (Fsp3) is 0.522. The van der Waals surface area contributed by atoms with Gasteiger partial charge in [0.1, 0.15) is 30.5 Å². The molecule has 8 nitrogen and oxygen atoms in total. The molecule has 1 saturated carbocycles. The van der Waals surface area contributed by atoms with Crippen molar-refractivity contribution in [2.75, 3.05) is 13.2 Å². The minimum absolute atomic E-state index is 0.0252. The van der Waals surface area contributed by atoms with E-state index < -0.39 is 23.6 Å². The lowest BCUT2D eigenvalue weighted by Crippen LogP contribution is -2.54. The first-order valence-corrected chi connectivity index (χ1v) is 12.5. The van der Waals surface area contributed by atoms with Gasteiger partial charge in [-0.05, 0) is 49.4 Å². The highest BCUT2D eigenvalue weighted by Gasteiger charge is 2.53. The summed E-state index contributed by atoms with van der Waals surface area (Å²) in [5.74, 6) is -0.636. The van der Waals surface area contributed by atoms with Crippen molar-refractivity contribution in [1.82, 2.24) is 20.4 Å². The number of likely N-dealkylation sites (tertiary alicyclic amines) is 1. The normalized spacial score (nSPS) is 25.9. The van der Waals surface area contributed by atoms with Crippen molar-refractivity contribution < 1.29 is 19.1 Å². The van der Waals surface area contributed by atoms with Crippen LogP contribution < -0.4 is 5.32 Å². The first kappa shape index (κ1) is 22.4. The predicted octanol–water partition coefficient (Wildman–Crippen LogP) is 2.59. The van der Waals surface area contributed by atoms with E-state index in [-0.39, 0.29) is 36.7 Å². The Labute approximate surface area is 200 Å². The van der Waals surface area contributed by atoms with Crippen LogP contribution in [0.2, 0.25) is 0 Å². The lowest BCUT2D eigenvalue weighted by molar-refractivity contribution is -0.139. The molecule has 0 unspecified atom stereocenters. The third-order valence-corrected chi connectivity index (χ3v) is 8.29. The maximum absolute atomic E-state index is 13.6. The van der Waals surface area contributed by atoms with Crippen LogP contribution in [-0.4, -0.2) is 69.4 Å². The Morgan fingerprint density at radius 1 is 1.27 bits per heavy atom. The number of aryl methyl sites for hydroxylation is 1. The summed E-state index contributed by atoms with van der Waals surface area (Å²) in [7, 11) is 0. The monoisotopic (exact) mass is 488 g/mol. The van der Waals surface area contributed by atoms with Gasteiger partial charge in [-0.25, -0.2) is 0 Å². The van der Waals surface area contributed by atoms with Crippen LogP contribution in [0.25, 0.3) is 10.6 Å². The summed E-state index contributed by atoms with van der Waals surface area (Å²) in [6, 6.07) is 4.11. The molecule has 2 aromatic rings. The summed E-state index contributed by atoms with van der Waals surface area (Å²) >= 11 is 7.71. The molecule has 0 spiro atoms. The number of rotatable bonds is 5. The number of nitrogens with zero attached hydrogens (tertiary/aromatic N) is 3. The molecule has 0 bridgehead atoms. The van der Waals surface area contributed by atoms with Crippen LogP contribution in [-0.2, 0) is 14.3 Å². The molecule has 4 heterocycles. The first-order valence-electron chi connectivity index (χ1n) is 11.2. The molecule has 0 aromatic carbocycles. The van der Waals surface area contributed by atoms with Gasteiger partial charge in [0.2, 0.25) is 5.91 Å². The van der Waals surface area contributed by atoms with Crippen molar-refractivity contribution in [2.45, 2.75) is 56.2 Å². The van der Waals surface area contributed by atoms with Crippen molar-refractivity contribution in [3.8, 4) is 10.6 Å². The third kappa shape index (κ3) is 4.18. The molecule has 1 aliphatic carbocycles. The van der Waals surface area contributed by atoms with Crippen molar-refractivity contribution in [2.24, 2.45) is 5.92 Å². The average Bonchev–Trinajstić information content (AvgIpc) is 3.59. The molecule has 2 saturated heterocycles. The fourth-order valence-electron chi connectivity index (χ4n) is 5.11. The van der Waals surface area contributed by atoms with Gasteiger partial charge in [-0.3, -0.25) is 14.4 Å². The molecule has 10 heteroatoms. The highest BCUT2D eigenvalue weighted by molar-refractivity contribution is 7.17. The molecule has 1 N–H and O–H groups in total. The van der Waals surface area contributed by atoms with Crippen molar-refractivity contribution in [3.63, 3.8) is 0 Å². The smallest absolute Gasteiger partial charge is 0.262 e. The molecule has 2 aromatic heterocycles. The van der Waals surface area contributed by atoms with Gasteiger partial charge in [-0.1, -0.05) is 12.8 Å². The van der Waals surface area contributed by atoms with E-state index in [9.17, 15) is 14.4 Å². The summed E-state index contributed by atoms with van der Waals surface area (Å²) in [6.07, 6.45) is 4.92. The Balaban J connectivity index is 1.37. The van der Waals surface area contributed by atoms with Gasteiger partial charge in [-0.2, -0.15) is 5.10 Å². The number of ketones is 1. The number of nitrogens with one attached hydrogen (secondary N) is 1. The minimum atomic E-state index is -0.695. The first-order chi connectivity index (χ1) is 15.9. The summed E-state index contributed by atoms with van der Waals surface area (Å²) in [6.45, 7) is 2.16. The molecule has 5 rings (SSSR count). The maximum Gasteiger partial charge on any atom is 0.262 e. The molecule has 33 heavy (non-hydrogen) atoms. The number of hydrogen-bond acceptors (Lipinski definition) is 7. The predicted molar refractivity (Wildman–Crippen MR) is 123 cm³/mol. The maximum atomic E-state index is 13.6. The van der Waals surface area contributed by atoms with E-state index in [0.717, 1.165) is 41.8 Å². The second-order valence-corrected chi connectivity index (χ2v) is 10.6. The zero-order chi connectivity index (χ0) is 23.1. The summed E-state index contributed by atoms with van der Waals surface area (Å²) < 4.78 is 5.52. The Morgan fingerprint density at radius 2 is 2.06 bits per heavy atom. The van der Waals surface area contributed by atoms with E-state index in [1.807, 2.05) is 19.1 Å². The van der Waals surface area contributed by atoms with E-state index in [1.165, 1.54) is 16.2 Å². The number of thiophene rings is 1. The molecule has 2 aliphatic heterocycles. The van der Waals surface area contributed by atoms with Crippen LogP contribution in [0, 0.1) is 12.8 Å². The van der Waals surface area contributed by atoms with Crippen LogP contribution in [0.4, 0.5) is 0 Å². The van der Waals surface area contributed by atoms with Crippen molar-refractivity contribution in [3.05, 3.63) is 34.8 Å². The average molecular weight is 489 g/mol. The van der Waals surface area contributed by atoms with Gasteiger partial charge < -0.3 is 15.0 Å². The van der Waals surface area contributed by atoms with Gasteiger partial charge >= 0.3 is 0 Å². The Hall–Kier alpha value is -2.36. The van der Waals surface area contributed by atoms with Crippen LogP contribution in [0.3, 0.4) is 0 Å². The molecule has 2 amide bonds. The molecule has 3 aliphatic rings. The molecular formula is C23H25ClN4O4S. The zero-order valence-corrected chi connectivity index (χ0v) is 19.8. The Bertz CT molecular complexity index is 1090. The highest BCUT2D eigenvalue weighted by Crippen LogP contribution is 2.35. The van der Waals surface area contributed by atoms with E-state index in [4.69, 9.17) is 16.3 Å². The van der Waals surface area contributed by atoms with Crippen LogP contribution in [0.1, 0.15) is 40.9 Å². The van der Waals surface area contributed by atoms with E-state index in [1.54, 1.807) is 12.3 Å². The number of alkyl halides is 1. The Kier molecular flexibility index (Phi) is 6.20. The minimum Gasteiger partial charge on any atom is -0.366 e. The summed E-state index contributed by atoms with van der Waals surface area (Å²) in [5, 5.41) is 10.7. The largest absolute Gasteiger partial charge is 0.366 e. The number of fused-ring (bicyclic) bond motifs is 1. The van der Waals surface area contributed by atoms with Gasteiger partial charge in [0, 0.05) is 12.7 Å². The summed E-state index contributed by atoms with van der Waals surface area (Å²) in [4.78, 5) is 42.1. The quantitative estimate of drug-likeness (QED) is 0.649. The SMILES string of the molecule is Cc1ccnnc1-c1ccc(C(=O)N[C@H](C(=O)N2C[C@H](Cl)[C@H]3OCC(=O)[C@H]32)C2CCCC2)s1. The zero-order valence-electron chi connectivity index (χ0n) is 18.2. The lowest BCUT2D eigenvalue weighted by Gasteiger charge is -2.30. The fourth-order valence-corrected chi connectivity index (χ4v) is 6.43. The van der Waals surface area contributed by atoms with Crippen molar-refractivity contribution in [1.29, 1.82) is 0 Å². The molecule has 4 atom stereocenters. The molecule has 3 fully saturated rings. The topological polar surface area (TPSA) is 101 Å². The third-order valence-electron chi connectivity index (χ3n) is 6.82. The number of Topliss-reactive ketones (excluding diaryl/α,β-unsaturated/α-hetero) is 1. The Morgan fingerprint density at radius 3 is 2.82 bits per heavy atom. The molecule has 174 valence electrons. The number of ether oxygens (including phenoxy) is 1. The number of halogens is 1. The number of hydrogen-bond donors (Lipinski definition) is 1. The lowest BCUT2D eigenvalue weighted by atomic mass is 9.96. The molecule has 0 radical (unpaired) electrons. The highest BCUT2D eigenvalue weighted by atomic mass is 35.5. The van der Waals surface area contributed by atoms with Crippen LogP contribution in [0.5, 0.6) is 0 Å². The van der Waals surface area contributed by atoms with Gasteiger partial charge in [0.25, 0.3) is 5.91 Å². The van der Waals surface area contributed by atoms with E-state index >= 15 is 0 Å². The van der Waals surface area contributed by atoms with Crippen LogP contribution in [0.15, 0.2) is 24.4 Å². The second kappa shape index (κ2) is 9.12. The van der Waals surface area contributed by atoms with Gasteiger partial charge in [0.05, 0.1) is 15.1 Å². The number of aromatic nitrogens is 2. The number of carbonyl (C=O) groups is 3.